The Labute approximate surface area is 144 Å². The van der Waals surface area contributed by atoms with Crippen molar-refractivity contribution in [2.75, 3.05) is 26.2 Å². The molecule has 1 aliphatic heterocycles. The molecule has 2 rings (SSSR count). The highest BCUT2D eigenvalue weighted by atomic mass is 35.5. The first-order valence-electron chi connectivity index (χ1n) is 7.73. The first kappa shape index (κ1) is 19.5. The molecule has 1 aromatic rings. The molecule has 2 N–H and O–H groups in total. The maximum atomic E-state index is 12.8. The summed E-state index contributed by atoms with van der Waals surface area (Å²) in [6.45, 7) is 7.82. The van der Waals surface area contributed by atoms with Crippen LogP contribution in [0.3, 0.4) is 0 Å². The number of hydrogen-bond donors (Lipinski definition) is 1. The van der Waals surface area contributed by atoms with Crippen molar-refractivity contribution in [3.8, 4) is 0 Å². The fourth-order valence-corrected chi connectivity index (χ4v) is 2.79. The van der Waals surface area contributed by atoms with Crippen molar-refractivity contribution in [1.29, 1.82) is 0 Å². The molecule has 1 aromatic carbocycles. The zero-order valence-electron chi connectivity index (χ0n) is 14.0. The number of amides is 2. The van der Waals surface area contributed by atoms with Crippen LogP contribution in [-0.4, -0.2) is 53.8 Å². The summed E-state index contributed by atoms with van der Waals surface area (Å²) in [6, 6.07) is 9.32. The lowest BCUT2D eigenvalue weighted by Gasteiger charge is -2.39. The third-order valence-electron chi connectivity index (χ3n) is 4.30. The fourth-order valence-electron chi connectivity index (χ4n) is 2.79. The lowest BCUT2D eigenvalue weighted by molar-refractivity contribution is -0.143. The van der Waals surface area contributed by atoms with E-state index in [-0.39, 0.29) is 24.2 Å². The summed E-state index contributed by atoms with van der Waals surface area (Å²) in [4.78, 5) is 28.3. The van der Waals surface area contributed by atoms with Crippen molar-refractivity contribution in [3.05, 3.63) is 35.9 Å². The number of hydrogen-bond acceptors (Lipinski definition) is 3. The van der Waals surface area contributed by atoms with E-state index in [9.17, 15) is 9.59 Å². The van der Waals surface area contributed by atoms with Gasteiger partial charge in [0.15, 0.2) is 0 Å². The zero-order valence-corrected chi connectivity index (χ0v) is 14.8. The van der Waals surface area contributed by atoms with Gasteiger partial charge in [-0.1, -0.05) is 30.3 Å². The maximum Gasteiger partial charge on any atom is 0.239 e. The van der Waals surface area contributed by atoms with E-state index in [1.165, 1.54) is 0 Å². The number of carbonyl (C=O) groups excluding carboxylic acids is 2. The lowest BCUT2D eigenvalue weighted by atomic mass is 9.83. The van der Waals surface area contributed by atoms with Gasteiger partial charge in [-0.05, 0) is 26.3 Å². The van der Waals surface area contributed by atoms with Crippen LogP contribution in [-0.2, 0) is 15.0 Å². The monoisotopic (exact) mass is 339 g/mol. The highest BCUT2D eigenvalue weighted by molar-refractivity contribution is 5.88. The summed E-state index contributed by atoms with van der Waals surface area (Å²) in [5.74, 6) is 0.0565. The van der Waals surface area contributed by atoms with Gasteiger partial charge in [0.1, 0.15) is 0 Å². The predicted octanol–water partition coefficient (Wildman–Crippen LogP) is 1.40. The predicted molar refractivity (Wildman–Crippen MR) is 93.5 cm³/mol. The molecule has 128 valence electrons. The van der Waals surface area contributed by atoms with E-state index in [2.05, 4.69) is 0 Å². The average Bonchev–Trinajstić information content (AvgIpc) is 2.54. The molecule has 0 bridgehead atoms. The van der Waals surface area contributed by atoms with E-state index in [4.69, 9.17) is 5.73 Å². The molecule has 1 fully saturated rings. The zero-order chi connectivity index (χ0) is 16.3. The van der Waals surface area contributed by atoms with Crippen molar-refractivity contribution in [1.82, 2.24) is 9.80 Å². The van der Waals surface area contributed by atoms with Gasteiger partial charge in [-0.2, -0.15) is 0 Å². The normalized spacial score (nSPS) is 16.5. The van der Waals surface area contributed by atoms with E-state index < -0.39 is 11.5 Å². The third kappa shape index (κ3) is 4.24. The molecule has 1 aliphatic rings. The Morgan fingerprint density at radius 2 is 1.52 bits per heavy atom. The Bertz CT molecular complexity index is 538. The summed E-state index contributed by atoms with van der Waals surface area (Å²) in [5, 5.41) is 0. The number of halogens is 1. The maximum absolute atomic E-state index is 12.8. The molecule has 0 spiro atoms. The number of nitrogens with two attached hydrogens (primary N) is 1. The summed E-state index contributed by atoms with van der Waals surface area (Å²) in [7, 11) is 0. The molecule has 0 unspecified atom stereocenters. The molecule has 1 saturated heterocycles. The number of piperazine rings is 1. The van der Waals surface area contributed by atoms with Gasteiger partial charge in [0.25, 0.3) is 0 Å². The van der Waals surface area contributed by atoms with Gasteiger partial charge < -0.3 is 15.5 Å². The number of carbonyl (C=O) groups is 2. The molecule has 2 amide bonds. The van der Waals surface area contributed by atoms with Crippen LogP contribution in [0.2, 0.25) is 0 Å². The van der Waals surface area contributed by atoms with Crippen molar-refractivity contribution >= 4 is 24.2 Å². The second-order valence-corrected chi connectivity index (χ2v) is 6.40. The van der Waals surface area contributed by atoms with Crippen LogP contribution in [0.1, 0.15) is 26.3 Å². The van der Waals surface area contributed by atoms with Gasteiger partial charge in [-0.15, -0.1) is 12.4 Å². The van der Waals surface area contributed by atoms with Crippen molar-refractivity contribution in [2.45, 2.75) is 32.2 Å². The standard InChI is InChI=1S/C17H25N3O2.ClH/c1-13(18)15(21)19-9-11-20(12-10-19)16(22)17(2,3)14-7-5-4-6-8-14;/h4-8,13H,9-12,18H2,1-3H3;1H/t13-;/m1./s1. The molecular formula is C17H26ClN3O2. The molecular weight excluding hydrogens is 314 g/mol. The van der Waals surface area contributed by atoms with Crippen LogP contribution in [0.4, 0.5) is 0 Å². The Morgan fingerprint density at radius 1 is 1.04 bits per heavy atom. The SMILES string of the molecule is C[C@@H](N)C(=O)N1CCN(C(=O)C(C)(C)c2ccccc2)CC1.Cl. The lowest BCUT2D eigenvalue weighted by Crippen LogP contribution is -2.56. The van der Waals surface area contributed by atoms with Crippen LogP contribution in [0.15, 0.2) is 30.3 Å². The first-order chi connectivity index (χ1) is 10.3. The minimum absolute atomic E-state index is 0. The van der Waals surface area contributed by atoms with Crippen LogP contribution in [0.5, 0.6) is 0 Å². The third-order valence-corrected chi connectivity index (χ3v) is 4.30. The van der Waals surface area contributed by atoms with Gasteiger partial charge in [-0.3, -0.25) is 9.59 Å². The van der Waals surface area contributed by atoms with Gasteiger partial charge in [-0.25, -0.2) is 0 Å². The molecule has 1 atom stereocenters. The molecule has 0 aromatic heterocycles. The minimum Gasteiger partial charge on any atom is -0.338 e. The van der Waals surface area contributed by atoms with Crippen LogP contribution in [0.25, 0.3) is 0 Å². The highest BCUT2D eigenvalue weighted by Gasteiger charge is 2.35. The second-order valence-electron chi connectivity index (χ2n) is 6.40. The summed E-state index contributed by atoms with van der Waals surface area (Å²) in [6.07, 6.45) is 0. The smallest absolute Gasteiger partial charge is 0.239 e. The van der Waals surface area contributed by atoms with E-state index in [0.717, 1.165) is 5.56 Å². The van der Waals surface area contributed by atoms with Gasteiger partial charge in [0.2, 0.25) is 11.8 Å². The molecule has 0 aliphatic carbocycles. The number of rotatable bonds is 3. The Balaban J connectivity index is 0.00000264. The molecule has 6 heteroatoms. The largest absolute Gasteiger partial charge is 0.338 e. The average molecular weight is 340 g/mol. The van der Waals surface area contributed by atoms with E-state index in [0.29, 0.717) is 26.2 Å². The summed E-state index contributed by atoms with van der Waals surface area (Å²) < 4.78 is 0. The van der Waals surface area contributed by atoms with Crippen molar-refractivity contribution < 1.29 is 9.59 Å². The van der Waals surface area contributed by atoms with E-state index in [1.807, 2.05) is 49.1 Å². The topological polar surface area (TPSA) is 66.6 Å². The van der Waals surface area contributed by atoms with Crippen molar-refractivity contribution in [2.24, 2.45) is 5.73 Å². The Morgan fingerprint density at radius 3 is 2.00 bits per heavy atom. The molecule has 0 radical (unpaired) electrons. The first-order valence-corrected chi connectivity index (χ1v) is 7.73. The summed E-state index contributed by atoms with van der Waals surface area (Å²) in [5.41, 5.74) is 6.08. The van der Waals surface area contributed by atoms with E-state index in [1.54, 1.807) is 11.8 Å². The Kier molecular flexibility index (Phi) is 6.59. The van der Waals surface area contributed by atoms with Crippen LogP contribution < -0.4 is 5.73 Å². The van der Waals surface area contributed by atoms with Gasteiger partial charge in [0, 0.05) is 26.2 Å². The van der Waals surface area contributed by atoms with E-state index >= 15 is 0 Å². The highest BCUT2D eigenvalue weighted by Crippen LogP contribution is 2.26. The molecule has 5 nitrogen and oxygen atoms in total. The Hall–Kier alpha value is -1.59. The minimum atomic E-state index is -0.561. The van der Waals surface area contributed by atoms with Crippen LogP contribution in [0, 0.1) is 0 Å². The number of nitrogens with zero attached hydrogens (tertiary/aromatic N) is 2. The number of benzene rings is 1. The quantitative estimate of drug-likeness (QED) is 0.905. The van der Waals surface area contributed by atoms with Gasteiger partial charge >= 0.3 is 0 Å². The summed E-state index contributed by atoms with van der Waals surface area (Å²) >= 11 is 0. The molecule has 23 heavy (non-hydrogen) atoms. The fraction of sp³-hybridized carbons (Fsp3) is 0.529. The molecule has 1 heterocycles. The van der Waals surface area contributed by atoms with Crippen LogP contribution >= 0.6 is 12.4 Å². The molecule has 0 saturated carbocycles. The van der Waals surface area contributed by atoms with Crippen molar-refractivity contribution in [3.63, 3.8) is 0 Å². The van der Waals surface area contributed by atoms with Gasteiger partial charge in [0.05, 0.1) is 11.5 Å². The second kappa shape index (κ2) is 7.79.